The molecule has 3 aromatic rings. The van der Waals surface area contributed by atoms with Gasteiger partial charge in [-0.2, -0.15) is 0 Å². The second-order valence-electron chi connectivity index (χ2n) is 6.98. The number of amides is 2. The van der Waals surface area contributed by atoms with E-state index in [9.17, 15) is 9.59 Å². The lowest BCUT2D eigenvalue weighted by atomic mass is 10.2. The number of thioether (sulfide) groups is 1. The van der Waals surface area contributed by atoms with Crippen molar-refractivity contribution in [3.63, 3.8) is 0 Å². The van der Waals surface area contributed by atoms with Crippen molar-refractivity contribution in [1.82, 2.24) is 19.8 Å². The third-order valence-electron chi connectivity index (χ3n) is 5.09. The molecule has 9 heteroatoms. The van der Waals surface area contributed by atoms with E-state index in [2.05, 4.69) is 23.8 Å². The number of piperazine rings is 1. The van der Waals surface area contributed by atoms with Gasteiger partial charge in [0.2, 0.25) is 5.91 Å². The highest BCUT2D eigenvalue weighted by Crippen LogP contribution is 2.35. The molecule has 1 saturated heterocycles. The summed E-state index contributed by atoms with van der Waals surface area (Å²) in [6.07, 6.45) is 1.49. The van der Waals surface area contributed by atoms with E-state index in [1.54, 1.807) is 28.4 Å². The molecule has 0 bridgehead atoms. The third kappa shape index (κ3) is 4.02. The summed E-state index contributed by atoms with van der Waals surface area (Å²) in [6.45, 7) is 8.12. The van der Waals surface area contributed by atoms with Crippen LogP contribution in [0.1, 0.15) is 26.8 Å². The normalized spacial score (nSPS) is 14.6. The molecule has 0 radical (unpaired) electrons. The Balaban J connectivity index is 1.38. The Labute approximate surface area is 177 Å². The maximum Gasteiger partial charge on any atom is 0.289 e. The first-order valence-corrected chi connectivity index (χ1v) is 11.2. The molecule has 0 N–H and O–H groups in total. The zero-order valence-electron chi connectivity index (χ0n) is 16.6. The molecule has 0 saturated carbocycles. The minimum Gasteiger partial charge on any atom is -0.459 e. The number of aryl methyl sites for hydroxylation is 3. The van der Waals surface area contributed by atoms with Crippen molar-refractivity contribution in [2.75, 3.05) is 31.9 Å². The van der Waals surface area contributed by atoms with E-state index in [1.165, 1.54) is 28.5 Å². The fourth-order valence-electron chi connectivity index (χ4n) is 3.36. The predicted molar refractivity (Wildman–Crippen MR) is 114 cm³/mol. The SMILES string of the molecule is Cc1nc(SCC(=O)N2CCN(C(=O)c3ccco3)CC2)c2c(C)c(C)sc2n1. The molecule has 0 unspecified atom stereocenters. The van der Waals surface area contributed by atoms with Crippen LogP contribution >= 0.6 is 23.1 Å². The lowest BCUT2D eigenvalue weighted by Crippen LogP contribution is -2.51. The predicted octanol–water partition coefficient (Wildman–Crippen LogP) is 3.29. The number of hydrogen-bond donors (Lipinski definition) is 0. The van der Waals surface area contributed by atoms with Crippen LogP contribution in [-0.2, 0) is 4.79 Å². The van der Waals surface area contributed by atoms with Crippen LogP contribution in [0, 0.1) is 20.8 Å². The third-order valence-corrected chi connectivity index (χ3v) is 7.15. The van der Waals surface area contributed by atoms with Gasteiger partial charge in [0.05, 0.1) is 12.0 Å². The van der Waals surface area contributed by atoms with E-state index in [-0.39, 0.29) is 11.8 Å². The van der Waals surface area contributed by atoms with Crippen LogP contribution in [0.3, 0.4) is 0 Å². The van der Waals surface area contributed by atoms with Crippen molar-refractivity contribution in [3.05, 3.63) is 40.4 Å². The molecular weight excluding hydrogens is 408 g/mol. The van der Waals surface area contributed by atoms with Gasteiger partial charge in [0, 0.05) is 36.4 Å². The number of thiophene rings is 1. The Morgan fingerprint density at radius 1 is 1.14 bits per heavy atom. The Kier molecular flexibility index (Phi) is 5.60. The average molecular weight is 431 g/mol. The first-order chi connectivity index (χ1) is 13.9. The summed E-state index contributed by atoms with van der Waals surface area (Å²) in [5.74, 6) is 1.32. The van der Waals surface area contributed by atoms with E-state index in [1.807, 2.05) is 11.8 Å². The summed E-state index contributed by atoms with van der Waals surface area (Å²) >= 11 is 3.13. The van der Waals surface area contributed by atoms with Crippen molar-refractivity contribution in [2.45, 2.75) is 25.8 Å². The smallest absolute Gasteiger partial charge is 0.289 e. The summed E-state index contributed by atoms with van der Waals surface area (Å²) < 4.78 is 5.18. The topological polar surface area (TPSA) is 79.5 Å². The summed E-state index contributed by atoms with van der Waals surface area (Å²) in [7, 11) is 0. The van der Waals surface area contributed by atoms with E-state index >= 15 is 0 Å². The van der Waals surface area contributed by atoms with Gasteiger partial charge in [-0.3, -0.25) is 9.59 Å². The van der Waals surface area contributed by atoms with Crippen molar-refractivity contribution in [2.24, 2.45) is 0 Å². The highest BCUT2D eigenvalue weighted by atomic mass is 32.2. The van der Waals surface area contributed by atoms with Gasteiger partial charge in [-0.05, 0) is 38.5 Å². The second kappa shape index (κ2) is 8.16. The Morgan fingerprint density at radius 2 is 1.86 bits per heavy atom. The van der Waals surface area contributed by atoms with E-state index in [0.717, 1.165) is 21.1 Å². The van der Waals surface area contributed by atoms with E-state index < -0.39 is 0 Å². The van der Waals surface area contributed by atoms with Gasteiger partial charge in [0.1, 0.15) is 15.7 Å². The number of fused-ring (bicyclic) bond motifs is 1. The van der Waals surface area contributed by atoms with Gasteiger partial charge in [0.25, 0.3) is 5.91 Å². The van der Waals surface area contributed by atoms with Gasteiger partial charge in [-0.25, -0.2) is 9.97 Å². The van der Waals surface area contributed by atoms with Gasteiger partial charge in [0.15, 0.2) is 5.76 Å². The second-order valence-corrected chi connectivity index (χ2v) is 9.15. The molecule has 3 aromatic heterocycles. The van der Waals surface area contributed by atoms with Crippen LogP contribution in [0.15, 0.2) is 27.8 Å². The molecule has 2 amide bonds. The number of furan rings is 1. The molecule has 4 rings (SSSR count). The molecule has 152 valence electrons. The fraction of sp³-hybridized carbons (Fsp3) is 0.400. The van der Waals surface area contributed by atoms with Crippen LogP contribution in [0.5, 0.6) is 0 Å². The lowest BCUT2D eigenvalue weighted by Gasteiger charge is -2.34. The zero-order chi connectivity index (χ0) is 20.5. The monoisotopic (exact) mass is 430 g/mol. The van der Waals surface area contributed by atoms with Gasteiger partial charge in [-0.1, -0.05) is 11.8 Å². The summed E-state index contributed by atoms with van der Waals surface area (Å²) in [4.78, 5) is 39.9. The average Bonchev–Trinajstić information content (AvgIpc) is 3.34. The maximum absolute atomic E-state index is 12.7. The molecule has 4 heterocycles. The largest absolute Gasteiger partial charge is 0.459 e. The van der Waals surface area contributed by atoms with E-state index in [4.69, 9.17) is 4.42 Å². The molecule has 0 aliphatic carbocycles. The molecule has 29 heavy (non-hydrogen) atoms. The van der Waals surface area contributed by atoms with Crippen LogP contribution in [0.25, 0.3) is 10.2 Å². The standard InChI is InChI=1S/C20H22N4O3S2/c1-12-13(2)29-19-17(12)18(21-14(3)22-19)28-11-16(25)23-6-8-24(9-7-23)20(26)15-5-4-10-27-15/h4-5,10H,6-9,11H2,1-3H3. The fourth-order valence-corrected chi connectivity index (χ4v) is 5.53. The molecule has 7 nitrogen and oxygen atoms in total. The van der Waals surface area contributed by atoms with Crippen LogP contribution in [-0.4, -0.2) is 63.5 Å². The Hall–Kier alpha value is -2.39. The summed E-state index contributed by atoms with van der Waals surface area (Å²) in [5.41, 5.74) is 1.19. The molecule has 1 aliphatic rings. The number of hydrogen-bond acceptors (Lipinski definition) is 7. The Bertz CT molecular complexity index is 1050. The first kappa shape index (κ1) is 19.9. The van der Waals surface area contributed by atoms with Gasteiger partial charge in [-0.15, -0.1) is 11.3 Å². The summed E-state index contributed by atoms with van der Waals surface area (Å²) in [6, 6.07) is 3.36. The number of rotatable bonds is 4. The molecule has 0 atom stereocenters. The van der Waals surface area contributed by atoms with Crippen molar-refractivity contribution < 1.29 is 14.0 Å². The maximum atomic E-state index is 12.7. The van der Waals surface area contributed by atoms with Gasteiger partial charge >= 0.3 is 0 Å². The molecule has 0 aromatic carbocycles. The van der Waals surface area contributed by atoms with Crippen molar-refractivity contribution >= 4 is 45.1 Å². The van der Waals surface area contributed by atoms with Gasteiger partial charge < -0.3 is 14.2 Å². The minimum absolute atomic E-state index is 0.0640. The lowest BCUT2D eigenvalue weighted by molar-refractivity contribution is -0.129. The molecule has 0 spiro atoms. The number of carbonyl (C=O) groups excluding carboxylic acids is 2. The molecule has 1 fully saturated rings. The number of nitrogens with zero attached hydrogens (tertiary/aromatic N) is 4. The highest BCUT2D eigenvalue weighted by Gasteiger charge is 2.26. The molecular formula is C20H22N4O3S2. The number of carbonyl (C=O) groups is 2. The molecule has 1 aliphatic heterocycles. The zero-order valence-corrected chi connectivity index (χ0v) is 18.2. The summed E-state index contributed by atoms with van der Waals surface area (Å²) in [5, 5.41) is 1.93. The van der Waals surface area contributed by atoms with Crippen LogP contribution in [0.4, 0.5) is 0 Å². The minimum atomic E-state index is -0.126. The Morgan fingerprint density at radius 3 is 2.55 bits per heavy atom. The highest BCUT2D eigenvalue weighted by molar-refractivity contribution is 8.00. The van der Waals surface area contributed by atoms with Crippen LogP contribution < -0.4 is 0 Å². The van der Waals surface area contributed by atoms with Crippen molar-refractivity contribution in [3.8, 4) is 0 Å². The number of aromatic nitrogens is 2. The van der Waals surface area contributed by atoms with E-state index in [0.29, 0.717) is 37.7 Å². The quantitative estimate of drug-likeness (QED) is 0.467. The first-order valence-electron chi connectivity index (χ1n) is 9.41. The van der Waals surface area contributed by atoms with Crippen molar-refractivity contribution in [1.29, 1.82) is 0 Å². The van der Waals surface area contributed by atoms with Crippen LogP contribution in [0.2, 0.25) is 0 Å².